The predicted molar refractivity (Wildman–Crippen MR) is 76.7 cm³/mol. The van der Waals surface area contributed by atoms with Gasteiger partial charge in [0.15, 0.2) is 17.3 Å². The van der Waals surface area contributed by atoms with E-state index < -0.39 is 23.0 Å². The van der Waals surface area contributed by atoms with Crippen LogP contribution in [-0.4, -0.2) is 27.7 Å². The lowest BCUT2D eigenvalue weighted by atomic mass is 10.0. The Morgan fingerprint density at radius 2 is 1.70 bits per heavy atom. The molecule has 0 aromatic heterocycles. The zero-order valence-corrected chi connectivity index (χ0v) is 10.8. The Kier molecular flexibility index (Phi) is 3.79. The summed E-state index contributed by atoms with van der Waals surface area (Å²) in [7, 11) is 0. The minimum Gasteiger partial charge on any atom is -0.504 e. The van der Waals surface area contributed by atoms with Gasteiger partial charge in [0.2, 0.25) is 5.75 Å². The molecule has 108 valence electrons. The summed E-state index contributed by atoms with van der Waals surface area (Å²) in [5.41, 5.74) is 0.262. The first-order chi connectivity index (χ1) is 9.54. The van der Waals surface area contributed by atoms with E-state index in [0.717, 1.165) is 6.07 Å². The normalized spacial score (nSPS) is 10.2. The minimum atomic E-state index is -0.707. The molecular formula is C15H18O5. The van der Waals surface area contributed by atoms with E-state index in [1.54, 1.807) is 24.3 Å². The summed E-state index contributed by atoms with van der Waals surface area (Å²) < 4.78 is 5.27. The van der Waals surface area contributed by atoms with Crippen LogP contribution in [0.1, 0.15) is 25.7 Å². The van der Waals surface area contributed by atoms with Gasteiger partial charge in [-0.1, -0.05) is 0 Å². The number of carbonyl (C=O) groups is 1. The van der Waals surface area contributed by atoms with Crippen molar-refractivity contribution < 1.29 is 27.7 Å². The number of hydrogen-bond donors (Lipinski definition) is 3. The largest absolute Gasteiger partial charge is 0.504 e. The molecule has 0 fully saturated rings. The van der Waals surface area contributed by atoms with E-state index in [2.05, 4.69) is 0 Å². The molecule has 0 aliphatic carbocycles. The maximum Gasteiger partial charge on any atom is 0.201 e. The van der Waals surface area contributed by atoms with Gasteiger partial charge in [0.05, 0.1) is 12.2 Å². The molecular weight excluding hydrogens is 260 g/mol. The molecule has 0 spiro atoms. The highest BCUT2D eigenvalue weighted by molar-refractivity contribution is 6.11. The second-order valence-corrected chi connectivity index (χ2v) is 4.12. The molecule has 0 radical (unpaired) electrons. The molecule has 2 rings (SSSR count). The van der Waals surface area contributed by atoms with Gasteiger partial charge in [0.1, 0.15) is 5.75 Å². The van der Waals surface area contributed by atoms with E-state index in [9.17, 15) is 20.1 Å². The summed E-state index contributed by atoms with van der Waals surface area (Å²) in [5.74, 6) is -1.64. The van der Waals surface area contributed by atoms with Crippen LogP contribution in [0.25, 0.3) is 0 Å². The van der Waals surface area contributed by atoms with Crippen molar-refractivity contribution >= 4 is 5.78 Å². The molecule has 5 nitrogen and oxygen atoms in total. The smallest absolute Gasteiger partial charge is 0.201 e. The van der Waals surface area contributed by atoms with E-state index in [0.29, 0.717) is 17.9 Å². The van der Waals surface area contributed by atoms with Gasteiger partial charge >= 0.3 is 0 Å². The van der Waals surface area contributed by atoms with Crippen molar-refractivity contribution in [2.75, 3.05) is 6.61 Å². The van der Waals surface area contributed by atoms with Crippen molar-refractivity contribution in [3.63, 3.8) is 0 Å². The minimum absolute atomic E-state index is 0. The van der Waals surface area contributed by atoms with Crippen LogP contribution < -0.4 is 4.74 Å². The van der Waals surface area contributed by atoms with Crippen LogP contribution in [0.4, 0.5) is 0 Å². The first kappa shape index (κ1) is 13.7. The molecule has 0 bridgehead atoms. The van der Waals surface area contributed by atoms with Crippen LogP contribution in [0.15, 0.2) is 36.4 Å². The van der Waals surface area contributed by atoms with Gasteiger partial charge in [-0.05, 0) is 43.3 Å². The number of ketones is 1. The molecule has 0 saturated carbocycles. The molecule has 0 saturated heterocycles. The van der Waals surface area contributed by atoms with Crippen LogP contribution in [0.3, 0.4) is 0 Å². The lowest BCUT2D eigenvalue weighted by Crippen LogP contribution is -2.02. The van der Waals surface area contributed by atoms with E-state index in [-0.39, 0.29) is 8.42 Å². The number of rotatable bonds is 4. The topological polar surface area (TPSA) is 87.0 Å². The summed E-state index contributed by atoms with van der Waals surface area (Å²) >= 11 is 0. The molecule has 3 N–H and O–H groups in total. The lowest BCUT2D eigenvalue weighted by molar-refractivity contribution is 0.103. The first-order valence-electron chi connectivity index (χ1n) is 6.06. The Balaban J connectivity index is 0.00000220. The highest BCUT2D eigenvalue weighted by Gasteiger charge is 2.18. The Bertz CT molecular complexity index is 641. The van der Waals surface area contributed by atoms with Crippen molar-refractivity contribution in [3.8, 4) is 23.0 Å². The monoisotopic (exact) mass is 278 g/mol. The third-order valence-corrected chi connectivity index (χ3v) is 2.80. The highest BCUT2D eigenvalue weighted by Crippen LogP contribution is 2.37. The Morgan fingerprint density at radius 3 is 2.30 bits per heavy atom. The molecule has 0 aliphatic heterocycles. The van der Waals surface area contributed by atoms with Gasteiger partial charge in [0.25, 0.3) is 0 Å². The maximum atomic E-state index is 12.2. The molecule has 0 aliphatic rings. The molecule has 2 aromatic rings. The number of ether oxygens (including phenoxy) is 1. The second kappa shape index (κ2) is 5.52. The second-order valence-electron chi connectivity index (χ2n) is 4.12. The number of phenolic OH excluding ortho intramolecular Hbond substituents is 3. The number of phenols is 3. The Hall–Kier alpha value is -2.69. The Labute approximate surface area is 118 Å². The standard InChI is InChI=1S/C15H14O5.2H2/c1-2-20-10-5-3-9(4-6-10)13(17)11-7-8-12(16)15(19)14(11)18;;/h3-8,16,18-19H,2H2,1H3;2*1H. The quantitative estimate of drug-likeness (QED) is 0.591. The summed E-state index contributed by atoms with van der Waals surface area (Å²) in [6.45, 7) is 2.39. The van der Waals surface area contributed by atoms with Crippen LogP contribution in [0.2, 0.25) is 0 Å². The van der Waals surface area contributed by atoms with Gasteiger partial charge in [-0.15, -0.1) is 0 Å². The van der Waals surface area contributed by atoms with Crippen molar-refractivity contribution in [3.05, 3.63) is 47.5 Å². The van der Waals surface area contributed by atoms with Gasteiger partial charge < -0.3 is 20.1 Å². The van der Waals surface area contributed by atoms with Crippen LogP contribution in [0, 0.1) is 0 Å². The molecule has 0 atom stereocenters. The summed E-state index contributed by atoms with van der Waals surface area (Å²) in [4.78, 5) is 12.2. The molecule has 20 heavy (non-hydrogen) atoms. The van der Waals surface area contributed by atoms with Crippen molar-refractivity contribution in [2.24, 2.45) is 0 Å². The summed E-state index contributed by atoms with van der Waals surface area (Å²) in [6, 6.07) is 8.83. The molecule has 0 heterocycles. The van der Waals surface area contributed by atoms with Gasteiger partial charge in [-0.3, -0.25) is 4.79 Å². The fourth-order valence-corrected chi connectivity index (χ4v) is 1.78. The molecule has 2 aromatic carbocycles. The van der Waals surface area contributed by atoms with Crippen molar-refractivity contribution in [2.45, 2.75) is 6.92 Å². The van der Waals surface area contributed by atoms with E-state index in [1.165, 1.54) is 6.07 Å². The van der Waals surface area contributed by atoms with Crippen LogP contribution in [-0.2, 0) is 0 Å². The molecule has 5 heteroatoms. The van der Waals surface area contributed by atoms with Gasteiger partial charge in [-0.25, -0.2) is 0 Å². The summed E-state index contributed by atoms with van der Waals surface area (Å²) in [5, 5.41) is 28.4. The number of benzene rings is 2. The van der Waals surface area contributed by atoms with E-state index in [1.807, 2.05) is 6.92 Å². The fraction of sp³-hybridized carbons (Fsp3) is 0.133. The number of hydrogen-bond acceptors (Lipinski definition) is 5. The van der Waals surface area contributed by atoms with E-state index >= 15 is 0 Å². The third kappa shape index (κ3) is 2.51. The van der Waals surface area contributed by atoms with Crippen LogP contribution >= 0.6 is 0 Å². The zero-order valence-electron chi connectivity index (χ0n) is 10.8. The lowest BCUT2D eigenvalue weighted by Gasteiger charge is -2.08. The molecule has 0 unspecified atom stereocenters. The average Bonchev–Trinajstić information content (AvgIpc) is 2.45. The van der Waals surface area contributed by atoms with Gasteiger partial charge in [0, 0.05) is 8.42 Å². The van der Waals surface area contributed by atoms with Crippen molar-refractivity contribution in [1.29, 1.82) is 0 Å². The van der Waals surface area contributed by atoms with Crippen molar-refractivity contribution in [1.82, 2.24) is 0 Å². The maximum absolute atomic E-state index is 12.2. The zero-order chi connectivity index (χ0) is 14.7. The fourth-order valence-electron chi connectivity index (χ4n) is 1.78. The summed E-state index contributed by atoms with van der Waals surface area (Å²) in [6.07, 6.45) is 0. The SMILES string of the molecule is CCOc1ccc(C(=O)c2ccc(O)c(O)c2O)cc1.[HH].[HH]. The number of aromatic hydroxyl groups is 3. The highest BCUT2D eigenvalue weighted by atomic mass is 16.5. The first-order valence-corrected chi connectivity index (χ1v) is 6.06. The Morgan fingerprint density at radius 1 is 1.05 bits per heavy atom. The predicted octanol–water partition coefficient (Wildman–Crippen LogP) is 2.93. The van der Waals surface area contributed by atoms with Crippen LogP contribution in [0.5, 0.6) is 23.0 Å². The van der Waals surface area contributed by atoms with Gasteiger partial charge in [-0.2, -0.15) is 0 Å². The van der Waals surface area contributed by atoms with E-state index in [4.69, 9.17) is 4.74 Å². The molecule has 0 amide bonds. The third-order valence-electron chi connectivity index (χ3n) is 2.80. The average molecular weight is 278 g/mol. The number of carbonyl (C=O) groups excluding carboxylic acids is 1.